The van der Waals surface area contributed by atoms with Crippen LogP contribution in [-0.4, -0.2) is 0 Å². The fourth-order valence-corrected chi connectivity index (χ4v) is 9.33. The van der Waals surface area contributed by atoms with Gasteiger partial charge in [-0.1, -0.05) is 160 Å². The van der Waals surface area contributed by atoms with Crippen LogP contribution in [0.3, 0.4) is 0 Å². The maximum atomic E-state index is 4.30. The summed E-state index contributed by atoms with van der Waals surface area (Å²) in [7, 11) is 0. The smallest absolute Gasteiger partial charge is 0.0619 e. The van der Waals surface area contributed by atoms with Crippen molar-refractivity contribution < 1.29 is 0 Å². The third-order valence-electron chi connectivity index (χ3n) is 10.6. The van der Waals surface area contributed by atoms with Gasteiger partial charge in [0.2, 0.25) is 0 Å². The van der Waals surface area contributed by atoms with E-state index in [-0.39, 0.29) is 5.41 Å². The van der Waals surface area contributed by atoms with Crippen LogP contribution in [0.25, 0.3) is 43.8 Å². The lowest BCUT2D eigenvalue weighted by Crippen LogP contribution is -2.16. The number of allylic oxidation sites excluding steroid dienone is 5. The van der Waals surface area contributed by atoms with Crippen LogP contribution in [0.5, 0.6) is 0 Å². The van der Waals surface area contributed by atoms with E-state index >= 15 is 0 Å². The molecular formula is C48H37NS. The summed E-state index contributed by atoms with van der Waals surface area (Å²) in [5, 5.41) is 4.95. The van der Waals surface area contributed by atoms with Crippen LogP contribution in [-0.2, 0) is 5.41 Å². The maximum Gasteiger partial charge on any atom is 0.0619 e. The number of nitrogens with zero attached hydrogens (tertiary/aromatic N) is 1. The molecule has 240 valence electrons. The molecule has 9 rings (SSSR count). The van der Waals surface area contributed by atoms with E-state index < -0.39 is 0 Å². The van der Waals surface area contributed by atoms with Gasteiger partial charge in [-0.15, -0.1) is 0 Å². The Morgan fingerprint density at radius 2 is 1.22 bits per heavy atom. The van der Waals surface area contributed by atoms with Gasteiger partial charge in [-0.25, -0.2) is 0 Å². The molecule has 0 amide bonds. The van der Waals surface area contributed by atoms with Gasteiger partial charge in [-0.2, -0.15) is 0 Å². The second kappa shape index (κ2) is 11.8. The van der Waals surface area contributed by atoms with Crippen molar-refractivity contribution in [3.8, 4) is 11.1 Å². The standard InChI is InChI=1S/C48H37NS/c1-5-40-38(34-19-11-12-22-41(34)48(40,3)4)29-31(2)46-35-20-9-10-21-36(35)47(37-28-27-33(30-39(37)46)32-17-7-6-8-18-32)49-42-23-13-15-25-44(42)50-45-26-16-14-24-43(45)49/h5-30H,1H2,2-4H3/b31-29+. The van der Waals surface area contributed by atoms with Gasteiger partial charge in [0.05, 0.1) is 17.1 Å². The second-order valence-corrected chi connectivity index (χ2v) is 14.9. The van der Waals surface area contributed by atoms with Gasteiger partial charge in [-0.05, 0) is 92.6 Å². The molecule has 0 aromatic heterocycles. The van der Waals surface area contributed by atoms with E-state index in [1.165, 1.54) is 92.9 Å². The Morgan fingerprint density at radius 1 is 0.620 bits per heavy atom. The van der Waals surface area contributed by atoms with Crippen LogP contribution in [0.1, 0.15) is 37.5 Å². The molecule has 7 aromatic carbocycles. The lowest BCUT2D eigenvalue weighted by Gasteiger charge is -2.35. The largest absolute Gasteiger partial charge is 0.307 e. The van der Waals surface area contributed by atoms with E-state index in [1.807, 2.05) is 11.8 Å². The number of benzene rings is 7. The van der Waals surface area contributed by atoms with Gasteiger partial charge in [0, 0.05) is 26.0 Å². The summed E-state index contributed by atoms with van der Waals surface area (Å²) in [6, 6.07) is 53.3. The Kier molecular flexibility index (Phi) is 7.19. The molecule has 7 aromatic rings. The molecular weight excluding hydrogens is 623 g/mol. The van der Waals surface area contributed by atoms with E-state index in [9.17, 15) is 0 Å². The number of rotatable bonds is 5. The number of fused-ring (bicyclic) bond motifs is 5. The molecule has 0 bridgehead atoms. The lowest BCUT2D eigenvalue weighted by atomic mass is 9.81. The summed E-state index contributed by atoms with van der Waals surface area (Å²) >= 11 is 1.85. The van der Waals surface area contributed by atoms with Crippen LogP contribution in [0.4, 0.5) is 17.1 Å². The zero-order chi connectivity index (χ0) is 34.0. The summed E-state index contributed by atoms with van der Waals surface area (Å²) in [6.45, 7) is 11.2. The van der Waals surface area contributed by atoms with Gasteiger partial charge < -0.3 is 4.90 Å². The molecule has 50 heavy (non-hydrogen) atoms. The predicted molar refractivity (Wildman–Crippen MR) is 216 cm³/mol. The van der Waals surface area contributed by atoms with E-state index in [0.717, 1.165) is 0 Å². The minimum atomic E-state index is -0.119. The summed E-state index contributed by atoms with van der Waals surface area (Å²) in [5.74, 6) is 0. The third kappa shape index (κ3) is 4.63. The van der Waals surface area contributed by atoms with Crippen molar-refractivity contribution in [3.63, 3.8) is 0 Å². The van der Waals surface area contributed by atoms with Crippen molar-refractivity contribution in [2.75, 3.05) is 4.90 Å². The Balaban J connectivity index is 1.39. The molecule has 1 nitrogen and oxygen atoms in total. The monoisotopic (exact) mass is 659 g/mol. The summed E-state index contributed by atoms with van der Waals surface area (Å²) in [5.41, 5.74) is 13.6. The van der Waals surface area contributed by atoms with Crippen LogP contribution >= 0.6 is 11.8 Å². The number of para-hydroxylation sites is 2. The average molecular weight is 660 g/mol. The molecule has 0 spiro atoms. The van der Waals surface area contributed by atoms with Crippen molar-refractivity contribution in [3.05, 3.63) is 187 Å². The molecule has 0 radical (unpaired) electrons. The Labute approximate surface area is 298 Å². The van der Waals surface area contributed by atoms with E-state index in [0.29, 0.717) is 0 Å². The van der Waals surface area contributed by atoms with Crippen molar-refractivity contribution in [2.24, 2.45) is 0 Å². The molecule has 0 fully saturated rings. The van der Waals surface area contributed by atoms with Gasteiger partial charge in [-0.3, -0.25) is 0 Å². The number of hydrogen-bond acceptors (Lipinski definition) is 2. The topological polar surface area (TPSA) is 3.24 Å². The average Bonchev–Trinajstić information content (AvgIpc) is 3.37. The lowest BCUT2D eigenvalue weighted by molar-refractivity contribution is 0.654. The first-order chi connectivity index (χ1) is 24.5. The van der Waals surface area contributed by atoms with Gasteiger partial charge in [0.15, 0.2) is 0 Å². The highest BCUT2D eigenvalue weighted by molar-refractivity contribution is 7.99. The minimum Gasteiger partial charge on any atom is -0.307 e. The first-order valence-electron chi connectivity index (χ1n) is 17.3. The van der Waals surface area contributed by atoms with Crippen molar-refractivity contribution >= 4 is 61.5 Å². The summed E-state index contributed by atoms with van der Waals surface area (Å²) in [4.78, 5) is 5.03. The highest BCUT2D eigenvalue weighted by Crippen LogP contribution is 2.55. The van der Waals surface area contributed by atoms with Crippen LogP contribution in [0.2, 0.25) is 0 Å². The molecule has 1 aliphatic carbocycles. The highest BCUT2D eigenvalue weighted by Gasteiger charge is 2.35. The van der Waals surface area contributed by atoms with Crippen molar-refractivity contribution in [1.29, 1.82) is 0 Å². The zero-order valence-corrected chi connectivity index (χ0v) is 29.4. The van der Waals surface area contributed by atoms with Gasteiger partial charge >= 0.3 is 0 Å². The van der Waals surface area contributed by atoms with Crippen LogP contribution in [0, 0.1) is 0 Å². The normalized spacial score (nSPS) is 14.9. The van der Waals surface area contributed by atoms with Crippen molar-refractivity contribution in [2.45, 2.75) is 36.0 Å². The Hall–Kier alpha value is -5.57. The van der Waals surface area contributed by atoms with Crippen LogP contribution < -0.4 is 4.90 Å². The fourth-order valence-electron chi connectivity index (χ4n) is 8.28. The molecule has 0 atom stereocenters. The molecule has 2 aliphatic rings. The molecule has 1 heterocycles. The Bertz CT molecular complexity index is 2520. The summed E-state index contributed by atoms with van der Waals surface area (Å²) < 4.78 is 0. The van der Waals surface area contributed by atoms with Gasteiger partial charge in [0.25, 0.3) is 0 Å². The highest BCUT2D eigenvalue weighted by atomic mass is 32.2. The minimum absolute atomic E-state index is 0.119. The van der Waals surface area contributed by atoms with Crippen LogP contribution in [0.15, 0.2) is 180 Å². The molecule has 0 unspecified atom stereocenters. The molecule has 0 N–H and O–H groups in total. The number of anilines is 3. The second-order valence-electron chi connectivity index (χ2n) is 13.8. The molecule has 2 heteroatoms. The molecule has 1 aliphatic heterocycles. The Morgan fingerprint density at radius 3 is 1.94 bits per heavy atom. The maximum absolute atomic E-state index is 4.30. The van der Waals surface area contributed by atoms with Gasteiger partial charge in [0.1, 0.15) is 0 Å². The SMILES string of the molecule is C=CC1=C(/C=C(\C)c2c3ccccc3c(N3c4ccccc4Sc4ccccc43)c3ccc(-c4ccccc4)cc23)c2ccccc2C1(C)C. The first-order valence-corrected chi connectivity index (χ1v) is 18.1. The number of hydrogen-bond donors (Lipinski definition) is 0. The zero-order valence-electron chi connectivity index (χ0n) is 28.6. The first kappa shape index (κ1) is 30.5. The summed E-state index contributed by atoms with van der Waals surface area (Å²) in [6.07, 6.45) is 4.48. The quantitative estimate of drug-likeness (QED) is 0.169. The van der Waals surface area contributed by atoms with Crippen molar-refractivity contribution in [1.82, 2.24) is 0 Å². The van der Waals surface area contributed by atoms with E-state index in [2.05, 4.69) is 190 Å². The fraction of sp³-hybridized carbons (Fsp3) is 0.0833. The van der Waals surface area contributed by atoms with E-state index in [1.54, 1.807) is 0 Å². The third-order valence-corrected chi connectivity index (χ3v) is 11.7. The molecule has 0 saturated heterocycles. The molecule has 0 saturated carbocycles. The predicted octanol–water partition coefficient (Wildman–Crippen LogP) is 13.9. The van der Waals surface area contributed by atoms with E-state index in [4.69, 9.17) is 0 Å².